The molecule has 0 amide bonds. The standard InChI is InChI=1S/C5H7N3O2S/c1-7-5(11-2)4(3-6)8(9)10/h7H,1-2H3/b5-4-. The van der Waals surface area contributed by atoms with Crippen LogP contribution in [0.1, 0.15) is 0 Å². The smallest absolute Gasteiger partial charge is 0.374 e. The van der Waals surface area contributed by atoms with Gasteiger partial charge in [0.25, 0.3) is 0 Å². The van der Waals surface area contributed by atoms with Crippen molar-refractivity contribution in [1.82, 2.24) is 5.32 Å². The van der Waals surface area contributed by atoms with Gasteiger partial charge >= 0.3 is 5.70 Å². The molecule has 0 aromatic rings. The van der Waals surface area contributed by atoms with Crippen LogP contribution >= 0.6 is 11.8 Å². The number of nitrogens with one attached hydrogen (secondary N) is 1. The van der Waals surface area contributed by atoms with Gasteiger partial charge in [-0.15, -0.1) is 11.8 Å². The van der Waals surface area contributed by atoms with Crippen LogP contribution < -0.4 is 5.32 Å². The number of thioether (sulfide) groups is 1. The van der Waals surface area contributed by atoms with Crippen LogP contribution in [0.4, 0.5) is 0 Å². The van der Waals surface area contributed by atoms with Crippen LogP contribution in [-0.2, 0) is 0 Å². The Kier molecular flexibility index (Phi) is 4.07. The molecule has 0 spiro atoms. The van der Waals surface area contributed by atoms with Crippen LogP contribution in [-0.4, -0.2) is 18.2 Å². The minimum Gasteiger partial charge on any atom is -0.377 e. The van der Waals surface area contributed by atoms with Crippen LogP contribution in [0.15, 0.2) is 10.7 Å². The molecule has 0 heterocycles. The third-order valence-corrected chi connectivity index (χ3v) is 1.74. The predicted octanol–water partition coefficient (Wildman–Crippen LogP) is 0.538. The zero-order valence-corrected chi connectivity index (χ0v) is 6.94. The average molecular weight is 173 g/mol. The van der Waals surface area contributed by atoms with Crippen molar-refractivity contribution in [2.75, 3.05) is 13.3 Å². The summed E-state index contributed by atoms with van der Waals surface area (Å²) < 4.78 is 0. The number of nitro groups is 1. The lowest BCUT2D eigenvalue weighted by molar-refractivity contribution is -0.418. The zero-order chi connectivity index (χ0) is 8.85. The van der Waals surface area contributed by atoms with Crippen molar-refractivity contribution in [1.29, 1.82) is 5.26 Å². The van der Waals surface area contributed by atoms with E-state index in [1.807, 2.05) is 0 Å². The van der Waals surface area contributed by atoms with Crippen LogP contribution in [0.3, 0.4) is 0 Å². The van der Waals surface area contributed by atoms with E-state index in [4.69, 9.17) is 5.26 Å². The van der Waals surface area contributed by atoms with Gasteiger partial charge in [0.15, 0.2) is 11.1 Å². The van der Waals surface area contributed by atoms with Crippen molar-refractivity contribution >= 4 is 11.8 Å². The van der Waals surface area contributed by atoms with Gasteiger partial charge in [-0.3, -0.25) is 10.1 Å². The minimum atomic E-state index is -0.706. The zero-order valence-electron chi connectivity index (χ0n) is 6.12. The van der Waals surface area contributed by atoms with Gasteiger partial charge in [0.1, 0.15) is 0 Å². The Labute approximate surface area is 68.2 Å². The number of nitrogens with zero attached hydrogens (tertiary/aromatic N) is 2. The van der Waals surface area contributed by atoms with Crippen molar-refractivity contribution in [3.05, 3.63) is 20.8 Å². The Morgan fingerprint density at radius 2 is 2.36 bits per heavy atom. The molecular formula is C5H7N3O2S. The fourth-order valence-corrected chi connectivity index (χ4v) is 1.01. The van der Waals surface area contributed by atoms with Crippen molar-refractivity contribution in [3.63, 3.8) is 0 Å². The molecule has 0 unspecified atom stereocenters. The Morgan fingerprint density at radius 3 is 2.45 bits per heavy atom. The van der Waals surface area contributed by atoms with E-state index in [2.05, 4.69) is 5.32 Å². The van der Waals surface area contributed by atoms with E-state index in [1.165, 1.54) is 13.1 Å². The molecule has 0 atom stereocenters. The monoisotopic (exact) mass is 173 g/mol. The van der Waals surface area contributed by atoms with Gasteiger partial charge < -0.3 is 5.32 Å². The van der Waals surface area contributed by atoms with Crippen molar-refractivity contribution in [2.24, 2.45) is 0 Å². The highest BCUT2D eigenvalue weighted by Gasteiger charge is 2.15. The number of hydrogen-bond acceptors (Lipinski definition) is 5. The Morgan fingerprint density at radius 1 is 1.82 bits per heavy atom. The third-order valence-electron chi connectivity index (χ3n) is 0.935. The maximum atomic E-state index is 10.2. The second-order valence-corrected chi connectivity index (χ2v) is 2.32. The van der Waals surface area contributed by atoms with E-state index in [-0.39, 0.29) is 5.03 Å². The summed E-state index contributed by atoms with van der Waals surface area (Å²) in [4.78, 5) is 9.46. The lowest BCUT2D eigenvalue weighted by atomic mass is 10.5. The quantitative estimate of drug-likeness (QED) is 0.382. The van der Waals surface area contributed by atoms with E-state index in [9.17, 15) is 10.1 Å². The lowest BCUT2D eigenvalue weighted by Crippen LogP contribution is -2.10. The molecule has 0 rings (SSSR count). The minimum absolute atomic E-state index is 0.275. The molecule has 0 fully saturated rings. The number of rotatable bonds is 3. The normalized spacial score (nSPS) is 11.4. The highest BCUT2D eigenvalue weighted by molar-refractivity contribution is 8.02. The summed E-state index contributed by atoms with van der Waals surface area (Å²) in [5.74, 6) is 0. The molecule has 6 heteroatoms. The third kappa shape index (κ3) is 2.47. The van der Waals surface area contributed by atoms with Gasteiger partial charge in [-0.2, -0.15) is 5.26 Å². The maximum absolute atomic E-state index is 10.2. The molecule has 0 aliphatic heterocycles. The summed E-state index contributed by atoms with van der Waals surface area (Å²) in [6.45, 7) is 0. The number of nitriles is 1. The number of hydrogen-bond donors (Lipinski definition) is 1. The van der Waals surface area contributed by atoms with Crippen molar-refractivity contribution in [3.8, 4) is 6.07 Å². The van der Waals surface area contributed by atoms with E-state index < -0.39 is 10.6 Å². The second-order valence-electron chi connectivity index (χ2n) is 1.50. The molecule has 5 nitrogen and oxygen atoms in total. The van der Waals surface area contributed by atoms with E-state index >= 15 is 0 Å². The van der Waals surface area contributed by atoms with Crippen molar-refractivity contribution < 1.29 is 4.92 Å². The molecule has 0 aromatic carbocycles. The largest absolute Gasteiger partial charge is 0.377 e. The Balaban J connectivity index is 4.82. The molecule has 0 aliphatic rings. The highest BCUT2D eigenvalue weighted by Crippen LogP contribution is 2.12. The van der Waals surface area contributed by atoms with E-state index in [1.54, 1.807) is 6.26 Å². The first kappa shape index (κ1) is 9.78. The van der Waals surface area contributed by atoms with Gasteiger partial charge in [-0.05, 0) is 6.26 Å². The first-order valence-corrected chi connectivity index (χ1v) is 3.90. The summed E-state index contributed by atoms with van der Waals surface area (Å²) >= 11 is 1.14. The Bertz CT molecular complexity index is 224. The van der Waals surface area contributed by atoms with Gasteiger partial charge in [0, 0.05) is 7.05 Å². The second kappa shape index (κ2) is 4.57. The molecule has 0 bridgehead atoms. The van der Waals surface area contributed by atoms with Gasteiger partial charge in [0.2, 0.25) is 0 Å². The van der Waals surface area contributed by atoms with Crippen LogP contribution in [0.2, 0.25) is 0 Å². The van der Waals surface area contributed by atoms with Crippen molar-refractivity contribution in [2.45, 2.75) is 0 Å². The molecule has 0 radical (unpaired) electrons. The summed E-state index contributed by atoms with van der Waals surface area (Å²) in [5, 5.41) is 21.3. The molecule has 60 valence electrons. The predicted molar refractivity (Wildman–Crippen MR) is 42.2 cm³/mol. The van der Waals surface area contributed by atoms with Gasteiger partial charge in [0.05, 0.1) is 4.92 Å². The molecule has 0 saturated heterocycles. The average Bonchev–Trinajstić information content (AvgIpc) is 1.99. The SMILES string of the molecule is CN/C(SC)=C(\C#N)[N+](=O)[O-]. The molecule has 0 saturated carbocycles. The van der Waals surface area contributed by atoms with Crippen LogP contribution in [0.25, 0.3) is 0 Å². The molecule has 11 heavy (non-hydrogen) atoms. The number of allylic oxidation sites excluding steroid dienone is 1. The maximum Gasteiger partial charge on any atom is 0.374 e. The first-order chi connectivity index (χ1) is 5.17. The summed E-state index contributed by atoms with van der Waals surface area (Å²) in [5.41, 5.74) is -0.444. The van der Waals surface area contributed by atoms with Crippen LogP contribution in [0.5, 0.6) is 0 Å². The topological polar surface area (TPSA) is 79.0 Å². The fraction of sp³-hybridized carbons (Fsp3) is 0.400. The first-order valence-electron chi connectivity index (χ1n) is 2.67. The van der Waals surface area contributed by atoms with E-state index in [0.29, 0.717) is 0 Å². The summed E-state index contributed by atoms with van der Waals surface area (Å²) in [7, 11) is 1.53. The fourth-order valence-electron chi connectivity index (χ4n) is 0.492. The van der Waals surface area contributed by atoms with Crippen LogP contribution in [0, 0.1) is 21.4 Å². The molecule has 1 N–H and O–H groups in total. The molecule has 0 aromatic heterocycles. The van der Waals surface area contributed by atoms with Gasteiger partial charge in [-0.25, -0.2) is 0 Å². The summed E-state index contributed by atoms with van der Waals surface area (Å²) in [6, 6.07) is 1.50. The molecular weight excluding hydrogens is 166 g/mol. The Hall–Kier alpha value is -1.22. The lowest BCUT2D eigenvalue weighted by Gasteiger charge is -1.98. The van der Waals surface area contributed by atoms with E-state index in [0.717, 1.165) is 11.8 Å². The highest BCUT2D eigenvalue weighted by atomic mass is 32.2. The van der Waals surface area contributed by atoms with Gasteiger partial charge in [-0.1, -0.05) is 0 Å². The summed E-state index contributed by atoms with van der Waals surface area (Å²) in [6.07, 6.45) is 1.66. The molecule has 0 aliphatic carbocycles.